The molecule has 0 aliphatic carbocycles. The minimum absolute atomic E-state index is 0.0383. The average Bonchev–Trinajstić information content (AvgIpc) is 3.30. The van der Waals surface area contributed by atoms with E-state index in [1.807, 2.05) is 35.8 Å². The van der Waals surface area contributed by atoms with Crippen molar-refractivity contribution < 1.29 is 4.79 Å². The van der Waals surface area contributed by atoms with E-state index in [0.29, 0.717) is 11.7 Å². The molecule has 0 spiro atoms. The Morgan fingerprint density at radius 3 is 2.73 bits per heavy atom. The summed E-state index contributed by atoms with van der Waals surface area (Å²) < 4.78 is 2.08. The molecule has 0 saturated heterocycles. The third-order valence-corrected chi connectivity index (χ3v) is 6.00. The number of imidazole rings is 1. The van der Waals surface area contributed by atoms with Gasteiger partial charge in [0, 0.05) is 23.8 Å². The Kier molecular flexibility index (Phi) is 6.52. The molecule has 2 aromatic heterocycles. The van der Waals surface area contributed by atoms with E-state index in [4.69, 9.17) is 0 Å². The first-order chi connectivity index (χ1) is 12.6. The normalized spacial score (nSPS) is 12.3. The number of carbonyl (C=O) groups excluding carboxylic acids is 1. The second kappa shape index (κ2) is 9.05. The van der Waals surface area contributed by atoms with E-state index < -0.39 is 0 Å². The molecule has 1 unspecified atom stereocenters. The van der Waals surface area contributed by atoms with Gasteiger partial charge in [0.25, 0.3) is 0 Å². The van der Waals surface area contributed by atoms with Crippen LogP contribution < -0.4 is 5.32 Å². The number of thioether (sulfide) groups is 1. The van der Waals surface area contributed by atoms with Gasteiger partial charge in [-0.2, -0.15) is 0 Å². The topological polar surface area (TPSA) is 46.9 Å². The molecule has 1 atom stereocenters. The number of nitrogens with zero attached hydrogens (tertiary/aromatic N) is 2. The minimum atomic E-state index is 0.0383. The van der Waals surface area contributed by atoms with Crippen LogP contribution in [-0.2, 0) is 11.3 Å². The summed E-state index contributed by atoms with van der Waals surface area (Å²) in [6, 6.07) is 14.4. The van der Waals surface area contributed by atoms with E-state index >= 15 is 0 Å². The number of carbonyl (C=O) groups is 1. The van der Waals surface area contributed by atoms with Crippen molar-refractivity contribution in [1.29, 1.82) is 0 Å². The van der Waals surface area contributed by atoms with E-state index in [1.54, 1.807) is 17.5 Å². The monoisotopic (exact) mass is 385 g/mol. The summed E-state index contributed by atoms with van der Waals surface area (Å²) in [4.78, 5) is 18.0. The first-order valence-corrected chi connectivity index (χ1v) is 10.5. The summed E-state index contributed by atoms with van der Waals surface area (Å²) in [5, 5.41) is 6.07. The number of nitrogens with one attached hydrogen (secondary N) is 1. The Hall–Kier alpha value is -2.05. The fourth-order valence-electron chi connectivity index (χ4n) is 2.72. The predicted molar refractivity (Wildman–Crippen MR) is 109 cm³/mol. The van der Waals surface area contributed by atoms with Crippen molar-refractivity contribution in [2.24, 2.45) is 5.92 Å². The van der Waals surface area contributed by atoms with Gasteiger partial charge < -0.3 is 9.88 Å². The van der Waals surface area contributed by atoms with Crippen LogP contribution in [0.25, 0.3) is 0 Å². The Labute approximate surface area is 162 Å². The molecule has 3 aromatic rings. The fourth-order valence-corrected chi connectivity index (χ4v) is 4.44. The van der Waals surface area contributed by atoms with Crippen molar-refractivity contribution in [2.45, 2.75) is 31.6 Å². The van der Waals surface area contributed by atoms with Crippen LogP contribution in [0.1, 0.15) is 30.3 Å². The summed E-state index contributed by atoms with van der Waals surface area (Å²) in [6.07, 6.45) is 3.74. The standard InChI is InChI=1S/C20H23N3OS2/c1-15(2)19(17-9-6-12-25-17)22-18(24)14-26-20-21-10-11-23(20)13-16-7-4-3-5-8-16/h3-12,15,19H,13-14H2,1-2H3,(H,22,24). The van der Waals surface area contributed by atoms with Crippen LogP contribution in [0.5, 0.6) is 0 Å². The van der Waals surface area contributed by atoms with E-state index in [2.05, 4.69) is 46.9 Å². The second-order valence-corrected chi connectivity index (χ2v) is 8.34. The van der Waals surface area contributed by atoms with Crippen LogP contribution in [0.15, 0.2) is 65.4 Å². The molecule has 0 fully saturated rings. The van der Waals surface area contributed by atoms with Crippen molar-refractivity contribution >= 4 is 29.0 Å². The maximum absolute atomic E-state index is 12.5. The van der Waals surface area contributed by atoms with Crippen LogP contribution in [0.4, 0.5) is 0 Å². The molecule has 0 aliphatic rings. The largest absolute Gasteiger partial charge is 0.347 e. The molecule has 1 N–H and O–H groups in total. The van der Waals surface area contributed by atoms with E-state index in [0.717, 1.165) is 11.7 Å². The van der Waals surface area contributed by atoms with Gasteiger partial charge in [0.2, 0.25) is 5.91 Å². The van der Waals surface area contributed by atoms with Gasteiger partial charge in [-0.25, -0.2) is 4.98 Å². The number of amides is 1. The van der Waals surface area contributed by atoms with Crippen molar-refractivity contribution in [3.8, 4) is 0 Å². The van der Waals surface area contributed by atoms with Crippen LogP contribution >= 0.6 is 23.1 Å². The molecule has 0 aliphatic heterocycles. The van der Waals surface area contributed by atoms with Crippen molar-refractivity contribution in [3.63, 3.8) is 0 Å². The molecule has 0 saturated carbocycles. The smallest absolute Gasteiger partial charge is 0.230 e. The highest BCUT2D eigenvalue weighted by molar-refractivity contribution is 7.99. The lowest BCUT2D eigenvalue weighted by molar-refractivity contribution is -0.119. The molecule has 0 radical (unpaired) electrons. The highest BCUT2D eigenvalue weighted by atomic mass is 32.2. The molecule has 3 rings (SSSR count). The maximum Gasteiger partial charge on any atom is 0.230 e. The molecule has 136 valence electrons. The average molecular weight is 386 g/mol. The Balaban J connectivity index is 1.57. The molecule has 1 aromatic carbocycles. The van der Waals surface area contributed by atoms with E-state index in [9.17, 15) is 4.79 Å². The van der Waals surface area contributed by atoms with Gasteiger partial charge in [0.05, 0.1) is 11.8 Å². The summed E-state index contributed by atoms with van der Waals surface area (Å²) in [5.74, 6) is 0.749. The molecule has 2 heterocycles. The first-order valence-electron chi connectivity index (χ1n) is 8.64. The highest BCUT2D eigenvalue weighted by Gasteiger charge is 2.19. The number of aromatic nitrogens is 2. The maximum atomic E-state index is 12.5. The van der Waals surface area contributed by atoms with Gasteiger partial charge in [-0.3, -0.25) is 4.79 Å². The number of thiophene rings is 1. The van der Waals surface area contributed by atoms with Crippen molar-refractivity contribution in [1.82, 2.24) is 14.9 Å². The molecular weight excluding hydrogens is 362 g/mol. The Morgan fingerprint density at radius 1 is 1.23 bits per heavy atom. The lowest BCUT2D eigenvalue weighted by Crippen LogP contribution is -2.32. The molecular formula is C20H23N3OS2. The Bertz CT molecular complexity index is 813. The molecule has 26 heavy (non-hydrogen) atoms. The van der Waals surface area contributed by atoms with Gasteiger partial charge in [-0.15, -0.1) is 11.3 Å². The third-order valence-electron chi connectivity index (χ3n) is 4.04. The summed E-state index contributed by atoms with van der Waals surface area (Å²) >= 11 is 3.16. The molecule has 1 amide bonds. The summed E-state index contributed by atoms with van der Waals surface area (Å²) in [5.41, 5.74) is 1.22. The second-order valence-electron chi connectivity index (χ2n) is 6.42. The lowest BCUT2D eigenvalue weighted by atomic mass is 10.0. The van der Waals surface area contributed by atoms with E-state index in [1.165, 1.54) is 22.2 Å². The number of benzene rings is 1. The van der Waals surface area contributed by atoms with Crippen LogP contribution in [-0.4, -0.2) is 21.2 Å². The highest BCUT2D eigenvalue weighted by Crippen LogP contribution is 2.26. The minimum Gasteiger partial charge on any atom is -0.347 e. The zero-order chi connectivity index (χ0) is 18.4. The predicted octanol–water partition coefficient (Wildman–Crippen LogP) is 4.60. The summed E-state index contributed by atoms with van der Waals surface area (Å²) in [6.45, 7) is 5.02. The number of hydrogen-bond donors (Lipinski definition) is 1. The Morgan fingerprint density at radius 2 is 2.04 bits per heavy atom. The van der Waals surface area contributed by atoms with Crippen LogP contribution in [0.3, 0.4) is 0 Å². The summed E-state index contributed by atoms with van der Waals surface area (Å²) in [7, 11) is 0. The third kappa shape index (κ3) is 4.99. The lowest BCUT2D eigenvalue weighted by Gasteiger charge is -2.21. The van der Waals surface area contributed by atoms with Gasteiger partial charge >= 0.3 is 0 Å². The van der Waals surface area contributed by atoms with Crippen molar-refractivity contribution in [3.05, 3.63) is 70.7 Å². The molecule has 6 heteroatoms. The fraction of sp³-hybridized carbons (Fsp3) is 0.300. The first kappa shape index (κ1) is 18.7. The van der Waals surface area contributed by atoms with Crippen LogP contribution in [0, 0.1) is 5.92 Å². The quantitative estimate of drug-likeness (QED) is 0.577. The molecule has 0 bridgehead atoms. The van der Waals surface area contributed by atoms with Gasteiger partial charge in [0.1, 0.15) is 0 Å². The van der Waals surface area contributed by atoms with Gasteiger partial charge in [-0.1, -0.05) is 62.0 Å². The SMILES string of the molecule is CC(C)C(NC(=O)CSc1nccn1Cc1ccccc1)c1cccs1. The number of hydrogen-bond acceptors (Lipinski definition) is 4. The van der Waals surface area contributed by atoms with Crippen LogP contribution in [0.2, 0.25) is 0 Å². The van der Waals surface area contributed by atoms with Gasteiger partial charge in [-0.05, 0) is 22.9 Å². The zero-order valence-electron chi connectivity index (χ0n) is 15.0. The number of rotatable bonds is 8. The zero-order valence-corrected chi connectivity index (χ0v) is 16.6. The van der Waals surface area contributed by atoms with Crippen molar-refractivity contribution in [2.75, 3.05) is 5.75 Å². The van der Waals surface area contributed by atoms with Gasteiger partial charge in [0.15, 0.2) is 5.16 Å². The van der Waals surface area contributed by atoms with E-state index in [-0.39, 0.29) is 11.9 Å². The molecule has 4 nitrogen and oxygen atoms in total.